The van der Waals surface area contributed by atoms with Gasteiger partial charge in [-0.05, 0) is 66.3 Å². The molecular formula is C21H26N6O3S2. The summed E-state index contributed by atoms with van der Waals surface area (Å²) in [6.45, 7) is 5.75. The lowest BCUT2D eigenvalue weighted by molar-refractivity contribution is -0.118. The molecule has 0 aliphatic heterocycles. The largest absolute Gasteiger partial charge is 0.325 e. The molecule has 0 saturated heterocycles. The van der Waals surface area contributed by atoms with Crippen LogP contribution in [0.25, 0.3) is 5.69 Å². The molecule has 11 heteroatoms. The van der Waals surface area contributed by atoms with Gasteiger partial charge in [-0.2, -0.15) is 9.40 Å². The highest BCUT2D eigenvalue weighted by Crippen LogP contribution is 2.20. The Bertz CT molecular complexity index is 1180. The van der Waals surface area contributed by atoms with E-state index in [1.54, 1.807) is 35.0 Å². The molecule has 1 atom stereocenters. The van der Waals surface area contributed by atoms with E-state index in [-0.39, 0.29) is 10.8 Å². The minimum atomic E-state index is -3.86. The maximum absolute atomic E-state index is 13.0. The number of benzene rings is 2. The smallest absolute Gasteiger partial charge is 0.242 e. The Labute approximate surface area is 192 Å². The molecule has 9 nitrogen and oxygen atoms in total. The number of carbonyl (C=O) groups excluding carboxylic acids is 1. The number of aryl methyl sites for hydroxylation is 1. The molecule has 170 valence electrons. The van der Waals surface area contributed by atoms with Crippen LogP contribution in [0.3, 0.4) is 0 Å². The Morgan fingerprint density at radius 1 is 1.16 bits per heavy atom. The van der Waals surface area contributed by atoms with Gasteiger partial charge < -0.3 is 5.32 Å². The number of sulfonamides is 1. The summed E-state index contributed by atoms with van der Waals surface area (Å²) in [5.74, 6) is -0.337. The number of anilines is 1. The zero-order valence-electron chi connectivity index (χ0n) is 18.3. The van der Waals surface area contributed by atoms with Crippen molar-refractivity contribution in [3.63, 3.8) is 0 Å². The highest BCUT2D eigenvalue weighted by molar-refractivity contribution is 7.98. The third-order valence-electron chi connectivity index (χ3n) is 4.63. The minimum Gasteiger partial charge on any atom is -0.325 e. The van der Waals surface area contributed by atoms with E-state index in [2.05, 4.69) is 25.6 Å². The molecular weight excluding hydrogens is 448 g/mol. The predicted octanol–water partition coefficient (Wildman–Crippen LogP) is 3.02. The van der Waals surface area contributed by atoms with Crippen LogP contribution < -0.4 is 10.0 Å². The molecule has 0 saturated carbocycles. The van der Waals surface area contributed by atoms with Crippen molar-refractivity contribution in [1.29, 1.82) is 0 Å². The van der Waals surface area contributed by atoms with Crippen LogP contribution in [0.1, 0.15) is 25.8 Å². The van der Waals surface area contributed by atoms with Gasteiger partial charge in [-0.1, -0.05) is 49.4 Å². The van der Waals surface area contributed by atoms with Crippen molar-refractivity contribution in [3.8, 4) is 5.69 Å². The first-order valence-electron chi connectivity index (χ1n) is 10.0. The molecule has 0 spiro atoms. The van der Waals surface area contributed by atoms with Crippen molar-refractivity contribution in [2.24, 2.45) is 5.92 Å². The number of amides is 1. The van der Waals surface area contributed by atoms with Crippen molar-refractivity contribution >= 4 is 33.4 Å². The summed E-state index contributed by atoms with van der Waals surface area (Å²) in [4.78, 5) is 13.2. The first-order valence-corrected chi connectivity index (χ1v) is 12.7. The van der Waals surface area contributed by atoms with Gasteiger partial charge in [0.05, 0.1) is 10.6 Å². The van der Waals surface area contributed by atoms with Crippen molar-refractivity contribution in [2.75, 3.05) is 11.6 Å². The highest BCUT2D eigenvalue weighted by Gasteiger charge is 2.26. The van der Waals surface area contributed by atoms with E-state index in [0.29, 0.717) is 23.0 Å². The lowest BCUT2D eigenvalue weighted by atomic mass is 10.0. The third-order valence-corrected chi connectivity index (χ3v) is 6.74. The van der Waals surface area contributed by atoms with Crippen molar-refractivity contribution in [1.82, 2.24) is 24.9 Å². The molecule has 3 aromatic rings. The minimum absolute atomic E-state index is 0.100. The lowest BCUT2D eigenvalue weighted by Gasteiger charge is -2.20. The summed E-state index contributed by atoms with van der Waals surface area (Å²) >= 11 is 1.40. The zero-order valence-corrected chi connectivity index (χ0v) is 19.9. The van der Waals surface area contributed by atoms with Crippen molar-refractivity contribution < 1.29 is 13.2 Å². The molecule has 0 aliphatic rings. The molecule has 1 unspecified atom stereocenters. The molecule has 1 heterocycles. The number of hydrogen-bond donors (Lipinski definition) is 2. The maximum Gasteiger partial charge on any atom is 0.242 e. The first kappa shape index (κ1) is 23.9. The number of thioether (sulfide) groups is 1. The van der Waals surface area contributed by atoms with Crippen LogP contribution in [-0.2, 0) is 14.8 Å². The van der Waals surface area contributed by atoms with Gasteiger partial charge in [0.2, 0.25) is 21.1 Å². The summed E-state index contributed by atoms with van der Waals surface area (Å²) < 4.78 is 29.8. The Balaban J connectivity index is 1.81. The molecule has 0 fully saturated rings. The van der Waals surface area contributed by atoms with Gasteiger partial charge in [0.15, 0.2) is 0 Å². The van der Waals surface area contributed by atoms with Gasteiger partial charge in [0.1, 0.15) is 6.04 Å². The normalized spacial score (nSPS) is 12.7. The van der Waals surface area contributed by atoms with Crippen LogP contribution in [0.5, 0.6) is 0 Å². The van der Waals surface area contributed by atoms with Crippen LogP contribution in [0.4, 0.5) is 5.69 Å². The summed E-state index contributed by atoms with van der Waals surface area (Å²) in [6, 6.07) is 12.6. The van der Waals surface area contributed by atoms with Gasteiger partial charge >= 0.3 is 0 Å². The van der Waals surface area contributed by atoms with E-state index in [1.807, 2.05) is 33.1 Å². The Morgan fingerprint density at radius 2 is 1.88 bits per heavy atom. The Kier molecular flexibility index (Phi) is 7.64. The second-order valence-corrected chi connectivity index (χ2v) is 10.2. The van der Waals surface area contributed by atoms with Crippen LogP contribution >= 0.6 is 11.8 Å². The summed E-state index contributed by atoms with van der Waals surface area (Å²) in [6.07, 6.45) is 2.21. The van der Waals surface area contributed by atoms with E-state index in [0.717, 1.165) is 5.56 Å². The molecule has 0 bridgehead atoms. The number of nitrogens with one attached hydrogen (secondary N) is 2. The Morgan fingerprint density at radius 3 is 2.53 bits per heavy atom. The van der Waals surface area contributed by atoms with Gasteiger partial charge in [-0.15, -0.1) is 5.10 Å². The number of carbonyl (C=O) groups is 1. The quantitative estimate of drug-likeness (QED) is 0.458. The van der Waals surface area contributed by atoms with Crippen LogP contribution in [0, 0.1) is 12.8 Å². The van der Waals surface area contributed by atoms with Crippen LogP contribution in [-0.4, -0.2) is 46.8 Å². The van der Waals surface area contributed by atoms with Gasteiger partial charge in [-0.3, -0.25) is 4.79 Å². The number of hydrogen-bond acceptors (Lipinski definition) is 7. The van der Waals surface area contributed by atoms with E-state index >= 15 is 0 Å². The van der Waals surface area contributed by atoms with Crippen LogP contribution in [0.15, 0.2) is 58.6 Å². The Hall–Kier alpha value is -2.76. The number of rotatable bonds is 9. The second-order valence-electron chi connectivity index (χ2n) is 7.73. The standard InChI is InChI=1S/C21H26N6O3S2/c1-14(2)12-19(24-32(29,30)18-10-8-15(3)9-11-18)20(28)22-16-6-5-7-17(13-16)27-21(31-4)23-25-26-27/h5-11,13-14,19,24H,12H2,1-4H3,(H,22,28). The summed E-state index contributed by atoms with van der Waals surface area (Å²) in [5.41, 5.74) is 2.14. The molecule has 1 aromatic heterocycles. The monoisotopic (exact) mass is 474 g/mol. The topological polar surface area (TPSA) is 119 Å². The SMILES string of the molecule is CSc1nnnn1-c1cccc(NC(=O)C(CC(C)C)NS(=O)(=O)c2ccc(C)cc2)c1. The van der Waals surface area contributed by atoms with E-state index in [9.17, 15) is 13.2 Å². The predicted molar refractivity (Wildman–Crippen MR) is 124 cm³/mol. The fourth-order valence-corrected chi connectivity index (χ4v) is 4.71. The number of tetrazole rings is 1. The van der Waals surface area contributed by atoms with E-state index in [1.165, 1.54) is 23.9 Å². The summed E-state index contributed by atoms with van der Waals surface area (Å²) in [5, 5.41) is 15.0. The highest BCUT2D eigenvalue weighted by atomic mass is 32.2. The van der Waals surface area contributed by atoms with E-state index < -0.39 is 22.0 Å². The average molecular weight is 475 g/mol. The average Bonchev–Trinajstić information content (AvgIpc) is 3.22. The molecule has 0 aliphatic carbocycles. The first-order chi connectivity index (χ1) is 15.2. The summed E-state index contributed by atoms with van der Waals surface area (Å²) in [7, 11) is -3.86. The lowest BCUT2D eigenvalue weighted by Crippen LogP contribution is -2.44. The second kappa shape index (κ2) is 10.2. The maximum atomic E-state index is 13.0. The molecule has 3 rings (SSSR count). The van der Waals surface area contributed by atoms with Crippen LogP contribution in [0.2, 0.25) is 0 Å². The van der Waals surface area contributed by atoms with Gasteiger partial charge in [0, 0.05) is 5.69 Å². The third kappa shape index (κ3) is 5.93. The van der Waals surface area contributed by atoms with Crippen molar-refractivity contribution in [2.45, 2.75) is 43.3 Å². The molecule has 1 amide bonds. The number of nitrogens with zero attached hydrogens (tertiary/aromatic N) is 4. The zero-order chi connectivity index (χ0) is 23.3. The molecule has 32 heavy (non-hydrogen) atoms. The number of aromatic nitrogens is 4. The van der Waals surface area contributed by atoms with Crippen molar-refractivity contribution in [3.05, 3.63) is 54.1 Å². The molecule has 2 N–H and O–H groups in total. The van der Waals surface area contributed by atoms with E-state index in [4.69, 9.17) is 0 Å². The molecule has 0 radical (unpaired) electrons. The fourth-order valence-electron chi connectivity index (χ4n) is 3.07. The molecule has 2 aromatic carbocycles. The fraction of sp³-hybridized carbons (Fsp3) is 0.333. The van der Waals surface area contributed by atoms with Gasteiger partial charge in [-0.25, -0.2) is 8.42 Å². The van der Waals surface area contributed by atoms with Gasteiger partial charge in [0.25, 0.3) is 0 Å².